The number of benzene rings is 6. The van der Waals surface area contributed by atoms with E-state index in [0.717, 1.165) is 23.7 Å². The van der Waals surface area contributed by atoms with Gasteiger partial charge in [0.2, 0.25) is 11.9 Å². The van der Waals surface area contributed by atoms with Crippen LogP contribution in [0.25, 0.3) is 0 Å². The van der Waals surface area contributed by atoms with Gasteiger partial charge in [-0.1, -0.05) is 10.1 Å². The van der Waals surface area contributed by atoms with Gasteiger partial charge in [-0.25, -0.2) is 10.5 Å². The SMILES string of the molecule is Cc1nc(Nc2ccc(N=Nc3ccc(N=Nc4ccc(S(=O)(=O)O)cc4)cc3SOOO)c(C)c2)nc(Nc2ccc(N=Nc3ccc(N=Nc4ccc(SOOO)cc4)cc3S(=O)(=O)O)c(C)c2)n1. The summed E-state index contributed by atoms with van der Waals surface area (Å²) in [5.74, 6) is 0.889. The average molecular weight is 1040 g/mol. The molecule has 6 aromatic carbocycles. The highest BCUT2D eigenvalue weighted by Gasteiger charge is 2.18. The van der Waals surface area contributed by atoms with Gasteiger partial charge in [-0.2, -0.15) is 62.5 Å². The Morgan fingerprint density at radius 2 is 0.930 bits per heavy atom. The quantitative estimate of drug-likeness (QED) is 0.0136. The first kappa shape index (κ1) is 51.5. The fourth-order valence-corrected chi connectivity index (χ4v) is 7.86. The summed E-state index contributed by atoms with van der Waals surface area (Å²) in [5, 5.41) is 64.1. The average Bonchev–Trinajstić information content (AvgIpc) is 3.33. The minimum absolute atomic E-state index is 0.119. The largest absolute Gasteiger partial charge is 0.324 e. The van der Waals surface area contributed by atoms with Crippen molar-refractivity contribution in [2.24, 2.45) is 40.9 Å². The monoisotopic (exact) mass is 1040 g/mol. The van der Waals surface area contributed by atoms with E-state index < -0.39 is 25.1 Å². The lowest BCUT2D eigenvalue weighted by Gasteiger charge is -2.11. The number of rotatable bonds is 20. The van der Waals surface area contributed by atoms with Crippen LogP contribution in [0.1, 0.15) is 17.0 Å². The Balaban J connectivity index is 0.992. The Hall–Kier alpha value is -7.39. The van der Waals surface area contributed by atoms with Crippen LogP contribution in [0.4, 0.5) is 68.8 Å². The second-order valence-corrected chi connectivity index (χ2v) is 18.6. The van der Waals surface area contributed by atoms with E-state index in [1.165, 1.54) is 36.4 Å². The van der Waals surface area contributed by atoms with Crippen molar-refractivity contribution in [3.63, 3.8) is 0 Å². The first-order valence-electron chi connectivity index (χ1n) is 19.9. The molecule has 0 amide bonds. The fourth-order valence-electron chi connectivity index (χ4n) is 5.92. The highest BCUT2D eigenvalue weighted by atomic mass is 32.2. The summed E-state index contributed by atoms with van der Waals surface area (Å²) in [6.07, 6.45) is 0. The number of aryl methyl sites for hydroxylation is 3. The number of nitrogens with one attached hydrogen (secondary N) is 2. The molecule has 0 atom stereocenters. The minimum Gasteiger partial charge on any atom is -0.324 e. The van der Waals surface area contributed by atoms with Gasteiger partial charge in [0.1, 0.15) is 22.1 Å². The van der Waals surface area contributed by atoms with E-state index in [1.807, 2.05) is 13.0 Å². The van der Waals surface area contributed by atoms with Crippen molar-refractivity contribution in [1.82, 2.24) is 15.0 Å². The summed E-state index contributed by atoms with van der Waals surface area (Å²) in [6, 6.07) is 30.6. The summed E-state index contributed by atoms with van der Waals surface area (Å²) in [7, 11) is -9.10. The van der Waals surface area contributed by atoms with Crippen molar-refractivity contribution in [3.05, 3.63) is 138 Å². The summed E-state index contributed by atoms with van der Waals surface area (Å²) >= 11 is 1.40. The second kappa shape index (κ2) is 23.5. The van der Waals surface area contributed by atoms with Gasteiger partial charge in [0.05, 0.1) is 68.0 Å². The summed E-state index contributed by atoms with van der Waals surface area (Å²) < 4.78 is 75.5. The van der Waals surface area contributed by atoms with Gasteiger partial charge < -0.3 is 10.6 Å². The third kappa shape index (κ3) is 14.8. The molecule has 71 heavy (non-hydrogen) atoms. The normalized spacial score (nSPS) is 12.2. The zero-order valence-corrected chi connectivity index (χ0v) is 39.9. The van der Waals surface area contributed by atoms with E-state index in [9.17, 15) is 25.9 Å². The van der Waals surface area contributed by atoms with E-state index in [-0.39, 0.29) is 28.2 Å². The molecule has 0 spiro atoms. The zero-order valence-electron chi connectivity index (χ0n) is 36.7. The molecule has 7 rings (SSSR count). The molecule has 6 N–H and O–H groups in total. The van der Waals surface area contributed by atoms with Gasteiger partial charge in [-0.3, -0.25) is 9.11 Å². The molecule has 0 bridgehead atoms. The molecule has 0 aliphatic rings. The van der Waals surface area contributed by atoms with Crippen LogP contribution in [0.15, 0.2) is 182 Å². The molecule has 0 radical (unpaired) electrons. The maximum atomic E-state index is 12.3. The zero-order chi connectivity index (χ0) is 50.5. The summed E-state index contributed by atoms with van der Waals surface area (Å²) in [4.78, 5) is 13.5. The van der Waals surface area contributed by atoms with Gasteiger partial charge in [0, 0.05) is 16.3 Å². The molecule has 364 valence electrons. The van der Waals surface area contributed by atoms with Gasteiger partial charge >= 0.3 is 0 Å². The van der Waals surface area contributed by atoms with Crippen molar-refractivity contribution < 1.29 is 55.2 Å². The molecule has 1 aromatic heterocycles. The third-order valence-electron chi connectivity index (χ3n) is 9.20. The number of hydrogen-bond acceptors (Lipinski definition) is 25. The number of hydrogen-bond donors (Lipinski definition) is 6. The standard InChI is InChI=1S/C42H35N13O12S4/c1-24-20-29(8-16-35(24)52-54-37-18-10-31(22-39(37)69-67-65-57)50-49-28-6-14-34(15-7-28)70(58,59)60)45-41-43-26(3)44-42(47-41)46-30-9-17-36(25(2)21-30)53-55-38-19-11-32(23-40(38)71(61,62)63)51-48-27-4-12-33(13-5-27)68-66-64-56/h4-23,56-57H,1-3H3,(H,58,59,60)(H,61,62,63)(H2,43,44,45,46,47). The van der Waals surface area contributed by atoms with Crippen LogP contribution in [0.3, 0.4) is 0 Å². The second-order valence-electron chi connectivity index (χ2n) is 14.3. The minimum atomic E-state index is -4.75. The fraction of sp³-hybridized carbons (Fsp3) is 0.0714. The number of nitrogens with zero attached hydrogens (tertiary/aromatic N) is 11. The van der Waals surface area contributed by atoms with Crippen LogP contribution in [0, 0.1) is 20.8 Å². The van der Waals surface area contributed by atoms with Crippen molar-refractivity contribution in [3.8, 4) is 0 Å². The Morgan fingerprint density at radius 3 is 1.45 bits per heavy atom. The number of anilines is 4. The van der Waals surface area contributed by atoms with Gasteiger partial charge in [0.25, 0.3) is 20.2 Å². The number of aromatic nitrogens is 3. The predicted molar refractivity (Wildman–Crippen MR) is 257 cm³/mol. The highest BCUT2D eigenvalue weighted by molar-refractivity contribution is 7.95. The van der Waals surface area contributed by atoms with Crippen molar-refractivity contribution >= 4 is 113 Å². The first-order valence-corrected chi connectivity index (χ1v) is 24.3. The van der Waals surface area contributed by atoms with Crippen LogP contribution in [-0.4, -0.2) is 51.4 Å². The lowest BCUT2D eigenvalue weighted by molar-refractivity contribution is -0.432. The molecule has 0 aliphatic carbocycles. The summed E-state index contributed by atoms with van der Waals surface area (Å²) in [5.41, 5.74) is 4.96. The summed E-state index contributed by atoms with van der Waals surface area (Å²) in [6.45, 7) is 5.31. The molecule has 0 unspecified atom stereocenters. The Labute approximate surface area is 411 Å². The van der Waals surface area contributed by atoms with Crippen LogP contribution in [0.5, 0.6) is 0 Å². The van der Waals surface area contributed by atoms with Crippen LogP contribution in [0.2, 0.25) is 0 Å². The van der Waals surface area contributed by atoms with Crippen LogP contribution < -0.4 is 10.6 Å². The maximum absolute atomic E-state index is 12.3. The Kier molecular flexibility index (Phi) is 17.0. The van der Waals surface area contributed by atoms with Gasteiger partial charge in [-0.05, 0) is 153 Å². The van der Waals surface area contributed by atoms with Crippen LogP contribution >= 0.6 is 24.1 Å². The first-order chi connectivity index (χ1) is 34.0. The van der Waals surface area contributed by atoms with Gasteiger partial charge in [-0.15, -0.1) is 18.9 Å². The lowest BCUT2D eigenvalue weighted by atomic mass is 10.2. The van der Waals surface area contributed by atoms with E-state index in [1.54, 1.807) is 86.6 Å². The molecule has 25 nitrogen and oxygen atoms in total. The topological polar surface area (TPSA) is 348 Å². The van der Waals surface area contributed by atoms with E-state index in [0.29, 0.717) is 78.7 Å². The van der Waals surface area contributed by atoms with Crippen LogP contribution in [-0.2, 0) is 39.0 Å². The Morgan fingerprint density at radius 1 is 0.479 bits per heavy atom. The highest BCUT2D eigenvalue weighted by Crippen LogP contribution is 2.37. The molecular formula is C42H35N13O12S4. The van der Waals surface area contributed by atoms with Gasteiger partial charge in [0.15, 0.2) is 0 Å². The predicted octanol–water partition coefficient (Wildman–Crippen LogP) is 13.3. The molecule has 0 saturated heterocycles. The molecule has 7 aromatic rings. The maximum Gasteiger partial charge on any atom is 0.296 e. The lowest BCUT2D eigenvalue weighted by Crippen LogP contribution is -2.05. The molecule has 1 heterocycles. The van der Waals surface area contributed by atoms with E-state index in [4.69, 9.17) is 10.5 Å². The van der Waals surface area contributed by atoms with E-state index in [2.05, 4.69) is 85.2 Å². The van der Waals surface area contributed by atoms with E-state index >= 15 is 0 Å². The molecular weight excluding hydrogens is 1010 g/mol. The third-order valence-corrected chi connectivity index (χ3v) is 12.2. The molecule has 29 heteroatoms. The van der Waals surface area contributed by atoms with Crippen molar-refractivity contribution in [2.45, 2.75) is 40.4 Å². The number of azo groups is 4. The molecule has 0 fully saturated rings. The van der Waals surface area contributed by atoms with Crippen molar-refractivity contribution in [1.29, 1.82) is 0 Å². The Bertz CT molecular complexity index is 3410. The smallest absolute Gasteiger partial charge is 0.296 e. The molecule has 0 saturated carbocycles. The van der Waals surface area contributed by atoms with Crippen molar-refractivity contribution in [2.75, 3.05) is 10.6 Å². The molecule has 0 aliphatic heterocycles.